The van der Waals surface area contributed by atoms with Gasteiger partial charge in [-0.3, -0.25) is 0 Å². The van der Waals surface area contributed by atoms with E-state index < -0.39 is 11.8 Å². The first-order valence-corrected chi connectivity index (χ1v) is 14.2. The van der Waals surface area contributed by atoms with E-state index in [0.717, 1.165) is 54.9 Å². The summed E-state index contributed by atoms with van der Waals surface area (Å²) in [5.41, 5.74) is 2.75. The van der Waals surface area contributed by atoms with Crippen molar-refractivity contribution in [1.29, 1.82) is 0 Å². The molecule has 0 atom stereocenters. The molecule has 0 radical (unpaired) electrons. The van der Waals surface area contributed by atoms with Crippen LogP contribution in [0.25, 0.3) is 21.5 Å². The predicted molar refractivity (Wildman–Crippen MR) is 145 cm³/mol. The van der Waals surface area contributed by atoms with Crippen LogP contribution in [0.1, 0.15) is 77.1 Å². The summed E-state index contributed by atoms with van der Waals surface area (Å²) in [5.74, 6) is 0.209. The highest BCUT2D eigenvalue weighted by atomic mass is 35.5. The smallest absolute Gasteiger partial charge is 0.340 e. The number of benzene rings is 2. The van der Waals surface area contributed by atoms with Crippen molar-refractivity contribution in [3.05, 3.63) is 68.1 Å². The normalized spacial score (nSPS) is 19.7. The average molecular weight is 575 g/mol. The summed E-state index contributed by atoms with van der Waals surface area (Å²) in [5, 5.41) is 6.30. The molecule has 2 heterocycles. The zero-order chi connectivity index (χ0) is 26.4. The van der Waals surface area contributed by atoms with E-state index in [0.29, 0.717) is 44.0 Å². The summed E-state index contributed by atoms with van der Waals surface area (Å²) in [7, 11) is 1.24. The second kappa shape index (κ2) is 10.6. The Morgan fingerprint density at radius 1 is 1.08 bits per heavy atom. The number of fused-ring (bicyclic) bond motifs is 1. The van der Waals surface area contributed by atoms with Gasteiger partial charge in [-0.15, -0.1) is 11.3 Å². The summed E-state index contributed by atoms with van der Waals surface area (Å²) in [6.45, 7) is 0.379. The minimum atomic E-state index is -0.686. The monoisotopic (exact) mass is 574 g/mol. The van der Waals surface area contributed by atoms with E-state index in [2.05, 4.69) is 14.9 Å². The molecular formula is C28H25Cl2FN2O4S. The molecule has 0 unspecified atom stereocenters. The molecule has 2 fully saturated rings. The van der Waals surface area contributed by atoms with Crippen LogP contribution in [0.3, 0.4) is 0 Å². The summed E-state index contributed by atoms with van der Waals surface area (Å²) in [6.07, 6.45) is 5.74. The Labute approximate surface area is 233 Å². The van der Waals surface area contributed by atoms with E-state index in [4.69, 9.17) is 32.5 Å². The van der Waals surface area contributed by atoms with Crippen molar-refractivity contribution in [2.75, 3.05) is 7.11 Å². The quantitative estimate of drug-likeness (QED) is 0.206. The minimum absolute atomic E-state index is 0.0657. The highest BCUT2D eigenvalue weighted by molar-refractivity contribution is 7.18. The Hall–Kier alpha value is -2.52. The first kappa shape index (κ1) is 25.7. The standard InChI is InChI=1S/C28H25Cl2FN2O4S/c1-35-28(34)17-11-12-21-26(23(17)31)38-27(32-21)15-7-9-16(10-8-15)36-13-18-24(33-37-25(18)14-5-6-14)22-19(29)3-2-4-20(22)30/h2-4,11-12,14-16H,5-10,13H2,1H3/t15-,16-. The van der Waals surface area contributed by atoms with Crippen LogP contribution in [-0.2, 0) is 16.1 Å². The van der Waals surface area contributed by atoms with Crippen LogP contribution in [0.15, 0.2) is 34.9 Å². The molecule has 0 aliphatic heterocycles. The molecular weight excluding hydrogens is 550 g/mol. The van der Waals surface area contributed by atoms with Gasteiger partial charge in [0.15, 0.2) is 5.82 Å². The number of carbonyl (C=O) groups excluding carboxylic acids is 1. The van der Waals surface area contributed by atoms with Crippen molar-refractivity contribution >= 4 is 50.7 Å². The van der Waals surface area contributed by atoms with Crippen LogP contribution in [0.5, 0.6) is 0 Å². The predicted octanol–water partition coefficient (Wildman–Crippen LogP) is 8.30. The third-order valence-electron chi connectivity index (χ3n) is 7.37. The molecule has 2 aromatic carbocycles. The minimum Gasteiger partial charge on any atom is -0.465 e. The van der Waals surface area contributed by atoms with Crippen molar-refractivity contribution in [2.45, 2.75) is 63.1 Å². The lowest BCUT2D eigenvalue weighted by Gasteiger charge is -2.27. The van der Waals surface area contributed by atoms with Crippen LogP contribution in [-0.4, -0.2) is 29.3 Å². The lowest BCUT2D eigenvalue weighted by Crippen LogP contribution is -2.21. The number of ether oxygens (including phenoxy) is 2. The van der Waals surface area contributed by atoms with Gasteiger partial charge in [0.1, 0.15) is 11.5 Å². The molecule has 0 saturated heterocycles. The molecule has 2 aliphatic rings. The zero-order valence-electron chi connectivity index (χ0n) is 20.6. The topological polar surface area (TPSA) is 74.5 Å². The number of aromatic nitrogens is 2. The largest absolute Gasteiger partial charge is 0.465 e. The molecule has 38 heavy (non-hydrogen) atoms. The van der Waals surface area contributed by atoms with E-state index in [1.807, 2.05) is 6.07 Å². The summed E-state index contributed by atoms with van der Waals surface area (Å²) >= 11 is 14.3. The molecule has 6 rings (SSSR count). The zero-order valence-corrected chi connectivity index (χ0v) is 23.0. The molecule has 0 spiro atoms. The van der Waals surface area contributed by atoms with Gasteiger partial charge in [-0.05, 0) is 62.8 Å². The number of esters is 1. The highest BCUT2D eigenvalue weighted by Gasteiger charge is 2.34. The molecule has 4 aromatic rings. The maximum Gasteiger partial charge on any atom is 0.340 e. The Morgan fingerprint density at radius 3 is 2.47 bits per heavy atom. The fourth-order valence-corrected chi connectivity index (χ4v) is 6.89. The first-order chi connectivity index (χ1) is 18.4. The van der Waals surface area contributed by atoms with Gasteiger partial charge in [0, 0.05) is 23.0 Å². The molecule has 0 N–H and O–H groups in total. The Kier molecular flexibility index (Phi) is 7.16. The second-order valence-corrected chi connectivity index (χ2v) is 11.7. The summed E-state index contributed by atoms with van der Waals surface area (Å²) in [4.78, 5) is 16.5. The van der Waals surface area contributed by atoms with Crippen LogP contribution in [0.4, 0.5) is 4.39 Å². The number of rotatable bonds is 7. The molecule has 0 amide bonds. The first-order valence-electron chi connectivity index (χ1n) is 12.7. The van der Waals surface area contributed by atoms with Crippen LogP contribution >= 0.6 is 34.5 Å². The van der Waals surface area contributed by atoms with Crippen molar-refractivity contribution in [3.63, 3.8) is 0 Å². The van der Waals surface area contributed by atoms with Crippen LogP contribution in [0, 0.1) is 5.82 Å². The molecule has 2 aromatic heterocycles. The van der Waals surface area contributed by atoms with Gasteiger partial charge in [-0.2, -0.15) is 0 Å². The molecule has 2 aliphatic carbocycles. The van der Waals surface area contributed by atoms with E-state index >= 15 is 0 Å². The molecule has 198 valence electrons. The van der Waals surface area contributed by atoms with E-state index in [1.165, 1.54) is 24.5 Å². The highest BCUT2D eigenvalue weighted by Crippen LogP contribution is 2.46. The van der Waals surface area contributed by atoms with Crippen molar-refractivity contribution < 1.29 is 23.2 Å². The van der Waals surface area contributed by atoms with Crippen molar-refractivity contribution in [3.8, 4) is 11.3 Å². The van der Waals surface area contributed by atoms with Gasteiger partial charge in [0.05, 0.1) is 50.7 Å². The third-order valence-corrected chi connectivity index (χ3v) is 9.23. The Balaban J connectivity index is 1.15. The third kappa shape index (κ3) is 4.83. The number of carbonyl (C=O) groups is 1. The number of thiazole rings is 1. The summed E-state index contributed by atoms with van der Waals surface area (Å²) in [6, 6.07) is 8.51. The van der Waals surface area contributed by atoms with Gasteiger partial charge >= 0.3 is 5.97 Å². The van der Waals surface area contributed by atoms with E-state index in [9.17, 15) is 9.18 Å². The molecule has 0 bridgehead atoms. The van der Waals surface area contributed by atoms with E-state index in [-0.39, 0.29) is 17.6 Å². The van der Waals surface area contributed by atoms with Crippen LogP contribution in [0.2, 0.25) is 10.0 Å². The fourth-order valence-electron chi connectivity index (χ4n) is 5.15. The van der Waals surface area contributed by atoms with Crippen molar-refractivity contribution in [1.82, 2.24) is 10.1 Å². The number of hydrogen-bond acceptors (Lipinski definition) is 7. The summed E-state index contributed by atoms with van der Waals surface area (Å²) < 4.78 is 32.1. The van der Waals surface area contributed by atoms with Gasteiger partial charge in [0.25, 0.3) is 0 Å². The van der Waals surface area contributed by atoms with Gasteiger partial charge in [-0.25, -0.2) is 14.2 Å². The lowest BCUT2D eigenvalue weighted by molar-refractivity contribution is 0.0129. The fraction of sp³-hybridized carbons (Fsp3) is 0.393. The van der Waals surface area contributed by atoms with Crippen LogP contribution < -0.4 is 0 Å². The maximum absolute atomic E-state index is 14.9. The van der Waals surface area contributed by atoms with Crippen molar-refractivity contribution in [2.24, 2.45) is 0 Å². The Morgan fingerprint density at radius 2 is 1.79 bits per heavy atom. The molecule has 6 nitrogen and oxygen atoms in total. The number of halogens is 3. The SMILES string of the molecule is COC(=O)c1ccc2nc([C@H]3CC[C@H](OCc4c(-c5c(Cl)cccc5Cl)noc4C4CC4)CC3)sc2c1F. The average Bonchev–Trinajstić information content (AvgIpc) is 3.53. The second-order valence-electron chi connectivity index (χ2n) is 9.85. The lowest BCUT2D eigenvalue weighted by atomic mass is 9.88. The maximum atomic E-state index is 14.9. The van der Waals surface area contributed by atoms with Gasteiger partial charge in [-0.1, -0.05) is 34.4 Å². The van der Waals surface area contributed by atoms with E-state index in [1.54, 1.807) is 18.2 Å². The van der Waals surface area contributed by atoms with Gasteiger partial charge < -0.3 is 14.0 Å². The molecule has 10 heteroatoms. The van der Waals surface area contributed by atoms with Gasteiger partial charge in [0.2, 0.25) is 0 Å². The molecule has 2 saturated carbocycles. The number of hydrogen-bond donors (Lipinski definition) is 0. The Bertz CT molecular complexity index is 1490. The number of nitrogens with zero attached hydrogens (tertiary/aromatic N) is 2. The number of methoxy groups -OCH3 is 1.